The van der Waals surface area contributed by atoms with E-state index in [0.29, 0.717) is 12.3 Å². The fourth-order valence-electron chi connectivity index (χ4n) is 2.76. The Hall–Kier alpha value is -4.24. The Morgan fingerprint density at radius 2 is 1.59 bits per heavy atom. The summed E-state index contributed by atoms with van der Waals surface area (Å²) in [7, 11) is 0. The van der Waals surface area contributed by atoms with E-state index in [0.717, 1.165) is 41.7 Å². The van der Waals surface area contributed by atoms with E-state index in [9.17, 15) is 51.4 Å². The van der Waals surface area contributed by atoms with Crippen LogP contribution < -0.4 is 10.7 Å². The summed E-state index contributed by atoms with van der Waals surface area (Å²) in [5.74, 6) is -2.85. The SMILES string of the molecule is O=C(N[C@](C/C=N\Nc1ccc([N+](=O)[O-])cc1[N+](=O)[O-])(c1ccccc1)C(F)(F)F)C(F)(F)F. The molecule has 0 aliphatic carbocycles. The maximum Gasteiger partial charge on any atom is 0.471 e. The molecule has 1 atom stereocenters. The molecule has 2 aromatic rings. The molecule has 0 fully saturated rings. The third-order valence-corrected chi connectivity index (χ3v) is 4.40. The Balaban J connectivity index is 2.42. The number of anilines is 1. The van der Waals surface area contributed by atoms with Gasteiger partial charge in [0.15, 0.2) is 5.54 Å². The van der Waals surface area contributed by atoms with Crippen LogP contribution in [0.3, 0.4) is 0 Å². The van der Waals surface area contributed by atoms with Crippen molar-refractivity contribution in [1.82, 2.24) is 5.32 Å². The lowest BCUT2D eigenvalue weighted by Gasteiger charge is -2.36. The van der Waals surface area contributed by atoms with Crippen LogP contribution >= 0.6 is 0 Å². The van der Waals surface area contributed by atoms with Crippen molar-refractivity contribution in [3.05, 3.63) is 74.3 Å². The molecule has 34 heavy (non-hydrogen) atoms. The number of non-ortho nitro benzene ring substituents is 1. The van der Waals surface area contributed by atoms with Gasteiger partial charge in [-0.05, 0) is 11.6 Å². The van der Waals surface area contributed by atoms with E-state index in [4.69, 9.17) is 0 Å². The number of rotatable bonds is 8. The summed E-state index contributed by atoms with van der Waals surface area (Å²) >= 11 is 0. The van der Waals surface area contributed by atoms with Crippen LogP contribution in [0.2, 0.25) is 0 Å². The Bertz CT molecular complexity index is 1110. The molecule has 0 spiro atoms. The normalized spacial score (nSPS) is 13.8. The van der Waals surface area contributed by atoms with Crippen molar-refractivity contribution in [3.8, 4) is 0 Å². The lowest BCUT2D eigenvalue weighted by molar-refractivity contribution is -0.393. The van der Waals surface area contributed by atoms with Crippen molar-refractivity contribution >= 4 is 29.2 Å². The number of carbonyl (C=O) groups is 1. The maximum atomic E-state index is 14.0. The second-order valence-corrected chi connectivity index (χ2v) is 6.56. The van der Waals surface area contributed by atoms with Crippen molar-refractivity contribution in [2.45, 2.75) is 24.3 Å². The summed E-state index contributed by atoms with van der Waals surface area (Å²) in [6, 6.07) is 7.55. The van der Waals surface area contributed by atoms with Gasteiger partial charge in [-0.25, -0.2) is 0 Å². The number of hydrogen-bond donors (Lipinski definition) is 2. The topological polar surface area (TPSA) is 140 Å². The van der Waals surface area contributed by atoms with Gasteiger partial charge in [-0.15, -0.1) is 0 Å². The van der Waals surface area contributed by atoms with Gasteiger partial charge in [0.1, 0.15) is 5.69 Å². The van der Waals surface area contributed by atoms with E-state index in [1.807, 2.05) is 5.43 Å². The minimum absolute atomic E-state index is 0.441. The van der Waals surface area contributed by atoms with Crippen LogP contribution in [0.25, 0.3) is 0 Å². The lowest BCUT2D eigenvalue weighted by Crippen LogP contribution is -2.59. The third-order valence-electron chi connectivity index (χ3n) is 4.40. The molecule has 0 aliphatic rings. The molecule has 10 nitrogen and oxygen atoms in total. The van der Waals surface area contributed by atoms with Crippen LogP contribution in [-0.4, -0.2) is 34.3 Å². The number of alkyl halides is 6. The van der Waals surface area contributed by atoms with Gasteiger partial charge in [-0.2, -0.15) is 31.4 Å². The van der Waals surface area contributed by atoms with E-state index < -0.39 is 62.7 Å². The van der Waals surface area contributed by atoms with Crippen molar-refractivity contribution in [1.29, 1.82) is 0 Å². The van der Waals surface area contributed by atoms with Crippen LogP contribution in [-0.2, 0) is 10.3 Å². The number of amides is 1. The zero-order valence-electron chi connectivity index (χ0n) is 16.6. The fourth-order valence-corrected chi connectivity index (χ4v) is 2.76. The second-order valence-electron chi connectivity index (χ2n) is 6.56. The highest BCUT2D eigenvalue weighted by Crippen LogP contribution is 2.42. The number of hydrazone groups is 1. The zero-order chi connectivity index (χ0) is 25.7. The van der Waals surface area contributed by atoms with E-state index in [-0.39, 0.29) is 0 Å². The first-order valence-electron chi connectivity index (χ1n) is 8.91. The number of nitro benzene ring substituents is 2. The molecule has 0 saturated carbocycles. The number of nitrogens with one attached hydrogen (secondary N) is 2. The van der Waals surface area contributed by atoms with Gasteiger partial charge in [0.25, 0.3) is 5.69 Å². The fraction of sp³-hybridized carbons (Fsp3) is 0.222. The number of nitro groups is 2. The van der Waals surface area contributed by atoms with E-state index in [1.165, 1.54) is 6.07 Å². The Kier molecular flexibility index (Phi) is 7.43. The summed E-state index contributed by atoms with van der Waals surface area (Å²) in [5.41, 5.74) is -4.17. The standard InChI is InChI=1S/C18H13F6N5O5/c19-17(20,21)15(30)26-16(18(22,23)24,11-4-2-1-3-5-11)8-9-25-27-13-7-6-12(28(31)32)10-14(13)29(33)34/h1-7,9-10,27H,8H2,(H,26,30)/b25-9-/t16-/m1/s1. The molecule has 0 aliphatic heterocycles. The number of hydrogen-bond acceptors (Lipinski definition) is 7. The number of carbonyl (C=O) groups excluding carboxylic acids is 1. The van der Waals surface area contributed by atoms with Crippen LogP contribution in [0.15, 0.2) is 53.6 Å². The van der Waals surface area contributed by atoms with Crippen LogP contribution in [0.1, 0.15) is 12.0 Å². The first-order valence-corrected chi connectivity index (χ1v) is 8.91. The predicted molar refractivity (Wildman–Crippen MR) is 105 cm³/mol. The molecular weight excluding hydrogens is 480 g/mol. The molecule has 0 heterocycles. The van der Waals surface area contributed by atoms with E-state index >= 15 is 0 Å². The average Bonchev–Trinajstić information content (AvgIpc) is 2.74. The summed E-state index contributed by atoms with van der Waals surface area (Å²) in [5, 5.41) is 26.2. The Morgan fingerprint density at radius 3 is 2.09 bits per heavy atom. The first-order chi connectivity index (χ1) is 15.7. The lowest BCUT2D eigenvalue weighted by atomic mass is 9.86. The van der Waals surface area contributed by atoms with E-state index in [1.54, 1.807) is 0 Å². The largest absolute Gasteiger partial charge is 0.471 e. The summed E-state index contributed by atoms with van der Waals surface area (Å²) in [4.78, 5) is 31.4. The van der Waals surface area contributed by atoms with Gasteiger partial charge in [-0.1, -0.05) is 30.3 Å². The molecule has 0 radical (unpaired) electrons. The van der Waals surface area contributed by atoms with Gasteiger partial charge in [0.2, 0.25) is 0 Å². The Labute approximate surface area is 185 Å². The zero-order valence-corrected chi connectivity index (χ0v) is 16.6. The summed E-state index contributed by atoms with van der Waals surface area (Å²) in [6.45, 7) is 0. The van der Waals surface area contributed by atoms with E-state index in [2.05, 4.69) is 5.10 Å². The van der Waals surface area contributed by atoms with Crippen molar-refractivity contribution in [3.63, 3.8) is 0 Å². The molecule has 0 aromatic heterocycles. The minimum Gasteiger partial charge on any atom is -0.330 e. The molecule has 182 valence electrons. The molecule has 0 bridgehead atoms. The minimum atomic E-state index is -5.62. The number of benzene rings is 2. The Morgan fingerprint density at radius 1 is 0.971 bits per heavy atom. The maximum absolute atomic E-state index is 14.0. The monoisotopic (exact) mass is 493 g/mol. The third kappa shape index (κ3) is 5.76. The summed E-state index contributed by atoms with van der Waals surface area (Å²) in [6.07, 6.45) is -11.9. The molecule has 0 saturated heterocycles. The summed E-state index contributed by atoms with van der Waals surface area (Å²) < 4.78 is 80.4. The quantitative estimate of drug-likeness (QED) is 0.241. The van der Waals surface area contributed by atoms with Gasteiger partial charge in [0.05, 0.1) is 15.9 Å². The highest BCUT2D eigenvalue weighted by molar-refractivity contribution is 5.83. The molecule has 2 aromatic carbocycles. The molecule has 0 unspecified atom stereocenters. The van der Waals surface area contributed by atoms with Crippen LogP contribution in [0.5, 0.6) is 0 Å². The van der Waals surface area contributed by atoms with Gasteiger partial charge in [0, 0.05) is 18.7 Å². The van der Waals surface area contributed by atoms with Gasteiger partial charge >= 0.3 is 23.9 Å². The first kappa shape index (κ1) is 26.0. The number of nitrogens with zero attached hydrogens (tertiary/aromatic N) is 3. The van der Waals surface area contributed by atoms with Crippen LogP contribution in [0, 0.1) is 20.2 Å². The van der Waals surface area contributed by atoms with Crippen LogP contribution in [0.4, 0.5) is 43.4 Å². The number of halogens is 6. The molecule has 2 N–H and O–H groups in total. The molecule has 2 rings (SSSR count). The smallest absolute Gasteiger partial charge is 0.330 e. The highest BCUT2D eigenvalue weighted by atomic mass is 19.4. The molecule has 16 heteroatoms. The average molecular weight is 493 g/mol. The molecular formula is C18H13F6N5O5. The van der Waals surface area contributed by atoms with Crippen molar-refractivity contribution in [2.75, 3.05) is 5.43 Å². The van der Waals surface area contributed by atoms with Crippen molar-refractivity contribution in [2.24, 2.45) is 5.10 Å². The van der Waals surface area contributed by atoms with Crippen molar-refractivity contribution < 1.29 is 41.0 Å². The van der Waals surface area contributed by atoms with Gasteiger partial charge in [-0.3, -0.25) is 30.4 Å². The molecule has 1 amide bonds. The predicted octanol–water partition coefficient (Wildman–Crippen LogP) is 4.43. The second kappa shape index (κ2) is 9.72. The highest BCUT2D eigenvalue weighted by Gasteiger charge is 2.59. The van der Waals surface area contributed by atoms with Gasteiger partial charge < -0.3 is 5.32 Å².